The fourth-order valence-corrected chi connectivity index (χ4v) is 2.88. The summed E-state index contributed by atoms with van der Waals surface area (Å²) in [5.74, 6) is -0.841. The Kier molecular flexibility index (Phi) is 3.80. The Morgan fingerprint density at radius 2 is 2.00 bits per heavy atom. The number of pyridine rings is 1. The molecule has 19 heavy (non-hydrogen) atoms. The first kappa shape index (κ1) is 13.5. The topological polar surface area (TPSA) is 73.1 Å². The highest BCUT2D eigenvalue weighted by Gasteiger charge is 2.16. The number of benzene rings is 1. The van der Waals surface area contributed by atoms with E-state index in [1.165, 1.54) is 12.1 Å². The second-order valence-corrected chi connectivity index (χ2v) is 6.18. The molecule has 0 aliphatic carbocycles. The van der Waals surface area contributed by atoms with Gasteiger partial charge in [-0.25, -0.2) is 12.8 Å². The number of nitrogens with zero attached hydrogens (tertiary/aromatic N) is 1. The Balaban J connectivity index is 2.16. The van der Waals surface area contributed by atoms with E-state index in [4.69, 9.17) is 5.73 Å². The summed E-state index contributed by atoms with van der Waals surface area (Å²) in [6.45, 7) is 0. The van der Waals surface area contributed by atoms with Crippen molar-refractivity contribution in [1.82, 2.24) is 4.98 Å². The summed E-state index contributed by atoms with van der Waals surface area (Å²) in [5.41, 5.74) is 5.93. The van der Waals surface area contributed by atoms with Crippen molar-refractivity contribution < 1.29 is 12.8 Å². The monoisotopic (exact) mass is 280 g/mol. The van der Waals surface area contributed by atoms with E-state index in [0.29, 0.717) is 5.69 Å². The summed E-state index contributed by atoms with van der Waals surface area (Å²) in [5, 5.41) is 0. The Morgan fingerprint density at radius 1 is 1.21 bits per heavy atom. The minimum atomic E-state index is -3.53. The fourth-order valence-electron chi connectivity index (χ4n) is 1.60. The molecular weight excluding hydrogens is 267 g/mol. The van der Waals surface area contributed by atoms with Crippen LogP contribution in [0.1, 0.15) is 5.69 Å². The van der Waals surface area contributed by atoms with Gasteiger partial charge in [0.25, 0.3) is 0 Å². The van der Waals surface area contributed by atoms with Gasteiger partial charge in [-0.15, -0.1) is 0 Å². The van der Waals surface area contributed by atoms with Gasteiger partial charge in [0, 0.05) is 18.3 Å². The Labute approximate surface area is 111 Å². The number of aryl methyl sites for hydroxylation is 1. The smallest absolute Gasteiger partial charge is 0.178 e. The zero-order chi connectivity index (χ0) is 13.9. The lowest BCUT2D eigenvalue weighted by Gasteiger charge is -2.05. The number of nitrogen functional groups attached to an aromatic ring is 1. The highest BCUT2D eigenvalue weighted by atomic mass is 32.2. The van der Waals surface area contributed by atoms with Crippen LogP contribution in [0, 0.1) is 5.82 Å². The first-order chi connectivity index (χ1) is 8.99. The molecule has 0 saturated heterocycles. The molecule has 2 rings (SSSR count). The van der Waals surface area contributed by atoms with Crippen molar-refractivity contribution in [3.63, 3.8) is 0 Å². The molecule has 0 atom stereocenters. The summed E-state index contributed by atoms with van der Waals surface area (Å²) in [7, 11) is -3.53. The normalized spacial score (nSPS) is 11.4. The molecule has 1 aromatic carbocycles. The molecular formula is C13H13FN2O2S. The Morgan fingerprint density at radius 3 is 2.63 bits per heavy atom. The van der Waals surface area contributed by atoms with Gasteiger partial charge in [-0.2, -0.15) is 0 Å². The molecule has 100 valence electrons. The first-order valence-electron chi connectivity index (χ1n) is 5.67. The van der Waals surface area contributed by atoms with Gasteiger partial charge in [-0.05, 0) is 30.3 Å². The number of hydrogen-bond acceptors (Lipinski definition) is 4. The van der Waals surface area contributed by atoms with Gasteiger partial charge in [-0.3, -0.25) is 4.98 Å². The van der Waals surface area contributed by atoms with Crippen molar-refractivity contribution in [2.45, 2.75) is 11.3 Å². The molecule has 0 amide bonds. The molecule has 2 aromatic rings. The number of hydrogen-bond donors (Lipinski definition) is 1. The van der Waals surface area contributed by atoms with E-state index in [1.807, 2.05) is 0 Å². The van der Waals surface area contributed by atoms with Crippen molar-refractivity contribution in [3.8, 4) is 0 Å². The molecule has 1 aromatic heterocycles. The third-order valence-corrected chi connectivity index (χ3v) is 4.40. The van der Waals surface area contributed by atoms with Crippen molar-refractivity contribution in [2.24, 2.45) is 0 Å². The molecule has 4 nitrogen and oxygen atoms in total. The van der Waals surface area contributed by atoms with Crippen LogP contribution in [0.2, 0.25) is 0 Å². The van der Waals surface area contributed by atoms with Gasteiger partial charge < -0.3 is 5.73 Å². The second-order valence-electron chi connectivity index (χ2n) is 4.07. The zero-order valence-corrected chi connectivity index (χ0v) is 10.9. The molecule has 0 bridgehead atoms. The third-order valence-electron chi connectivity index (χ3n) is 2.68. The first-order valence-corrected chi connectivity index (χ1v) is 7.32. The highest BCUT2D eigenvalue weighted by Crippen LogP contribution is 2.18. The Bertz CT molecular complexity index is 672. The number of sulfone groups is 1. The second kappa shape index (κ2) is 5.36. The SMILES string of the molecule is Nc1ccc(S(=O)(=O)CCc2ccccn2)cc1F. The molecule has 0 fully saturated rings. The largest absolute Gasteiger partial charge is 0.396 e. The van der Waals surface area contributed by atoms with Crippen molar-refractivity contribution in [1.29, 1.82) is 0 Å². The third kappa shape index (κ3) is 3.29. The van der Waals surface area contributed by atoms with Gasteiger partial charge in [-0.1, -0.05) is 6.07 Å². The predicted octanol–water partition coefficient (Wildman–Crippen LogP) is 1.82. The molecule has 6 heteroatoms. The van der Waals surface area contributed by atoms with E-state index >= 15 is 0 Å². The Hall–Kier alpha value is -1.95. The molecule has 0 saturated carbocycles. The number of rotatable bonds is 4. The van der Waals surface area contributed by atoms with Crippen LogP contribution in [-0.4, -0.2) is 19.2 Å². The van der Waals surface area contributed by atoms with Crippen LogP contribution in [-0.2, 0) is 16.3 Å². The van der Waals surface area contributed by atoms with Crippen LogP contribution in [0.15, 0.2) is 47.5 Å². The fraction of sp³-hybridized carbons (Fsp3) is 0.154. The summed E-state index contributed by atoms with van der Waals surface area (Å²) in [6, 6.07) is 8.81. The summed E-state index contributed by atoms with van der Waals surface area (Å²) < 4.78 is 37.3. The van der Waals surface area contributed by atoms with Crippen LogP contribution >= 0.6 is 0 Å². The van der Waals surface area contributed by atoms with Crippen LogP contribution in [0.5, 0.6) is 0 Å². The van der Waals surface area contributed by atoms with Crippen molar-refractivity contribution >= 4 is 15.5 Å². The molecule has 0 unspecified atom stereocenters. The van der Waals surface area contributed by atoms with E-state index in [-0.39, 0.29) is 22.8 Å². The standard InChI is InChI=1S/C13H13FN2O2S/c14-12-9-11(4-5-13(12)15)19(17,18)8-6-10-3-1-2-7-16-10/h1-5,7,9H,6,8,15H2. The van der Waals surface area contributed by atoms with Gasteiger partial charge in [0.2, 0.25) is 0 Å². The van der Waals surface area contributed by atoms with Crippen molar-refractivity contribution in [2.75, 3.05) is 11.5 Å². The van der Waals surface area contributed by atoms with Crippen LogP contribution in [0.4, 0.5) is 10.1 Å². The molecule has 2 N–H and O–H groups in total. The lowest BCUT2D eigenvalue weighted by atomic mass is 10.3. The highest BCUT2D eigenvalue weighted by molar-refractivity contribution is 7.91. The lowest BCUT2D eigenvalue weighted by molar-refractivity contribution is 0.590. The van der Waals surface area contributed by atoms with E-state index < -0.39 is 15.7 Å². The summed E-state index contributed by atoms with van der Waals surface area (Å²) in [6.07, 6.45) is 1.89. The van der Waals surface area contributed by atoms with E-state index in [1.54, 1.807) is 24.4 Å². The number of nitrogens with two attached hydrogens (primary N) is 1. The average molecular weight is 280 g/mol. The maximum Gasteiger partial charge on any atom is 0.178 e. The molecule has 0 aliphatic heterocycles. The minimum Gasteiger partial charge on any atom is -0.396 e. The van der Waals surface area contributed by atoms with E-state index in [9.17, 15) is 12.8 Å². The molecule has 1 heterocycles. The van der Waals surface area contributed by atoms with Gasteiger partial charge in [0.15, 0.2) is 9.84 Å². The molecule has 0 spiro atoms. The maximum absolute atomic E-state index is 13.3. The number of halogens is 1. The van der Waals surface area contributed by atoms with Gasteiger partial charge >= 0.3 is 0 Å². The van der Waals surface area contributed by atoms with Gasteiger partial charge in [0.1, 0.15) is 5.82 Å². The quantitative estimate of drug-likeness (QED) is 0.867. The van der Waals surface area contributed by atoms with Crippen LogP contribution in [0.25, 0.3) is 0 Å². The molecule has 0 radical (unpaired) electrons. The number of anilines is 1. The average Bonchev–Trinajstić information content (AvgIpc) is 2.41. The van der Waals surface area contributed by atoms with E-state index in [0.717, 1.165) is 6.07 Å². The minimum absolute atomic E-state index is 0.0601. The van der Waals surface area contributed by atoms with Gasteiger partial charge in [0.05, 0.1) is 16.3 Å². The maximum atomic E-state index is 13.3. The number of aromatic nitrogens is 1. The van der Waals surface area contributed by atoms with E-state index in [2.05, 4.69) is 4.98 Å². The zero-order valence-electron chi connectivity index (χ0n) is 10.1. The summed E-state index contributed by atoms with van der Waals surface area (Å²) in [4.78, 5) is 3.99. The predicted molar refractivity (Wildman–Crippen MR) is 70.8 cm³/mol. The van der Waals surface area contributed by atoms with Crippen molar-refractivity contribution in [3.05, 3.63) is 54.1 Å². The molecule has 0 aliphatic rings. The lowest BCUT2D eigenvalue weighted by Crippen LogP contribution is -2.10. The van der Waals surface area contributed by atoms with Crippen LogP contribution in [0.3, 0.4) is 0 Å². The van der Waals surface area contributed by atoms with Crippen LogP contribution < -0.4 is 5.73 Å². The summed E-state index contributed by atoms with van der Waals surface area (Å²) >= 11 is 0.